The smallest absolute Gasteiger partial charge is 0.296 e. The fourth-order valence-electron chi connectivity index (χ4n) is 4.55. The normalized spacial score (nSPS) is 12.8. The number of fused-ring (bicyclic) bond motifs is 3. The minimum absolute atomic E-state index is 0.0545. The van der Waals surface area contributed by atoms with Crippen LogP contribution in [0.4, 0.5) is 11.4 Å². The Kier molecular flexibility index (Phi) is 7.42. The average Bonchev–Trinajstić information content (AvgIpc) is 3.28. The van der Waals surface area contributed by atoms with Crippen molar-refractivity contribution in [2.45, 2.75) is 37.8 Å². The van der Waals surface area contributed by atoms with Gasteiger partial charge in [-0.25, -0.2) is 4.98 Å². The molecule has 2 aromatic heterocycles. The van der Waals surface area contributed by atoms with Gasteiger partial charge in [0.05, 0.1) is 34.9 Å². The summed E-state index contributed by atoms with van der Waals surface area (Å²) in [6.07, 6.45) is 3.89. The number of hydrogen-bond donors (Lipinski definition) is 1. The number of aryl methyl sites for hydroxylation is 2. The Bertz CT molecular complexity index is 1650. The lowest BCUT2D eigenvalue weighted by molar-refractivity contribution is -0.384. The van der Waals surface area contributed by atoms with E-state index < -0.39 is 10.8 Å². The van der Waals surface area contributed by atoms with Gasteiger partial charge in [-0.2, -0.15) is 0 Å². The first-order valence-corrected chi connectivity index (χ1v) is 14.0. The molecule has 1 aliphatic carbocycles. The number of benzene rings is 2. The van der Waals surface area contributed by atoms with Crippen LogP contribution in [-0.4, -0.2) is 33.2 Å². The maximum atomic E-state index is 13.9. The van der Waals surface area contributed by atoms with Gasteiger partial charge in [0, 0.05) is 9.90 Å². The zero-order chi connectivity index (χ0) is 27.0. The standard InChI is InChI=1S/C26H23ClN4O5S2/c1-14-17(27)7-5-8-19(14)30-25(33)23-16-6-3-4-9-21(16)38-24(23)29-26(30)37-13-22(32)28-18-11-10-15(36-2)12-20(18)31(34)35/h5,7-8,10-12H,3-4,6,9,13H2,1-2H3,(H,28,32). The molecular formula is C26H23ClN4O5S2. The highest BCUT2D eigenvalue weighted by Gasteiger charge is 2.24. The van der Waals surface area contributed by atoms with Crippen LogP contribution in [0.1, 0.15) is 28.8 Å². The van der Waals surface area contributed by atoms with E-state index in [1.54, 1.807) is 18.2 Å². The molecule has 0 saturated heterocycles. The Labute approximate surface area is 230 Å². The second-order valence-electron chi connectivity index (χ2n) is 8.79. The zero-order valence-electron chi connectivity index (χ0n) is 20.6. The Morgan fingerprint density at radius 3 is 2.84 bits per heavy atom. The average molecular weight is 571 g/mol. The summed E-state index contributed by atoms with van der Waals surface area (Å²) in [6, 6.07) is 9.53. The van der Waals surface area contributed by atoms with Crippen molar-refractivity contribution in [2.75, 3.05) is 18.2 Å². The summed E-state index contributed by atoms with van der Waals surface area (Å²) in [5.74, 6) is -0.287. The summed E-state index contributed by atoms with van der Waals surface area (Å²) in [7, 11) is 1.41. The lowest BCUT2D eigenvalue weighted by Crippen LogP contribution is -2.24. The third-order valence-electron chi connectivity index (χ3n) is 6.45. The minimum Gasteiger partial charge on any atom is -0.496 e. The van der Waals surface area contributed by atoms with E-state index in [1.807, 2.05) is 6.92 Å². The summed E-state index contributed by atoms with van der Waals surface area (Å²) >= 11 is 9.02. The number of amides is 1. The minimum atomic E-state index is -0.584. The van der Waals surface area contributed by atoms with E-state index in [4.69, 9.17) is 21.3 Å². The third-order valence-corrected chi connectivity index (χ3v) is 8.98. The predicted molar refractivity (Wildman–Crippen MR) is 151 cm³/mol. The molecule has 12 heteroatoms. The summed E-state index contributed by atoms with van der Waals surface area (Å²) in [5, 5.41) is 15.6. The summed E-state index contributed by atoms with van der Waals surface area (Å²) in [5.41, 5.74) is 1.98. The number of carbonyl (C=O) groups is 1. The van der Waals surface area contributed by atoms with Gasteiger partial charge in [-0.1, -0.05) is 29.4 Å². The van der Waals surface area contributed by atoms with Crippen molar-refractivity contribution in [2.24, 2.45) is 0 Å². The van der Waals surface area contributed by atoms with Gasteiger partial charge < -0.3 is 10.1 Å². The van der Waals surface area contributed by atoms with E-state index in [-0.39, 0.29) is 22.7 Å². The number of anilines is 1. The monoisotopic (exact) mass is 570 g/mol. The van der Waals surface area contributed by atoms with Gasteiger partial charge in [0.2, 0.25) is 5.91 Å². The van der Waals surface area contributed by atoms with Gasteiger partial charge >= 0.3 is 0 Å². The van der Waals surface area contributed by atoms with E-state index >= 15 is 0 Å². The lowest BCUT2D eigenvalue weighted by atomic mass is 9.97. The maximum absolute atomic E-state index is 13.9. The largest absolute Gasteiger partial charge is 0.496 e. The van der Waals surface area contributed by atoms with Gasteiger partial charge in [-0.3, -0.25) is 24.3 Å². The number of nitrogens with one attached hydrogen (secondary N) is 1. The van der Waals surface area contributed by atoms with Crippen molar-refractivity contribution in [3.05, 3.63) is 77.9 Å². The van der Waals surface area contributed by atoms with Crippen molar-refractivity contribution in [3.8, 4) is 11.4 Å². The number of ether oxygens (including phenoxy) is 1. The molecule has 1 N–H and O–H groups in total. The molecule has 0 radical (unpaired) electrons. The number of nitro benzene ring substituents is 1. The van der Waals surface area contributed by atoms with Crippen LogP contribution in [0, 0.1) is 17.0 Å². The number of carbonyl (C=O) groups excluding carboxylic acids is 1. The van der Waals surface area contributed by atoms with Crippen LogP contribution < -0.4 is 15.6 Å². The zero-order valence-corrected chi connectivity index (χ0v) is 23.0. The van der Waals surface area contributed by atoms with E-state index in [0.29, 0.717) is 31.8 Å². The number of hydrogen-bond acceptors (Lipinski definition) is 8. The van der Waals surface area contributed by atoms with Gasteiger partial charge in [-0.15, -0.1) is 11.3 Å². The van der Waals surface area contributed by atoms with Gasteiger partial charge in [0.15, 0.2) is 5.16 Å². The van der Waals surface area contributed by atoms with E-state index in [1.165, 1.54) is 46.1 Å². The highest BCUT2D eigenvalue weighted by molar-refractivity contribution is 7.99. The number of nitrogens with zero attached hydrogens (tertiary/aromatic N) is 3. The number of aromatic nitrogens is 2. The van der Waals surface area contributed by atoms with Crippen molar-refractivity contribution in [1.82, 2.24) is 9.55 Å². The van der Waals surface area contributed by atoms with Crippen LogP contribution >= 0.6 is 34.7 Å². The molecule has 0 unspecified atom stereocenters. The molecular weight excluding hydrogens is 548 g/mol. The number of methoxy groups -OCH3 is 1. The molecule has 2 heterocycles. The number of nitro groups is 1. The predicted octanol–water partition coefficient (Wildman–Crippen LogP) is 5.94. The lowest BCUT2D eigenvalue weighted by Gasteiger charge is -2.16. The Hall–Kier alpha value is -3.41. The molecule has 0 aliphatic heterocycles. The molecule has 2 aromatic carbocycles. The van der Waals surface area contributed by atoms with Gasteiger partial charge in [0.25, 0.3) is 11.2 Å². The maximum Gasteiger partial charge on any atom is 0.296 e. The Morgan fingerprint density at radius 1 is 1.29 bits per heavy atom. The van der Waals surface area contributed by atoms with Crippen LogP contribution in [0.2, 0.25) is 5.02 Å². The van der Waals surface area contributed by atoms with Crippen LogP contribution in [0.3, 0.4) is 0 Å². The molecule has 38 heavy (non-hydrogen) atoms. The quantitative estimate of drug-likeness (QED) is 0.126. The number of thioether (sulfide) groups is 1. The fraction of sp³-hybridized carbons (Fsp3) is 0.269. The van der Waals surface area contributed by atoms with Crippen LogP contribution in [-0.2, 0) is 17.6 Å². The molecule has 0 fully saturated rings. The molecule has 9 nitrogen and oxygen atoms in total. The van der Waals surface area contributed by atoms with Crippen molar-refractivity contribution >= 4 is 62.2 Å². The first-order chi connectivity index (χ1) is 18.3. The number of halogens is 1. The number of rotatable bonds is 7. The number of thiophene rings is 1. The van der Waals surface area contributed by atoms with Gasteiger partial charge in [0.1, 0.15) is 16.3 Å². The second kappa shape index (κ2) is 10.8. The first kappa shape index (κ1) is 26.2. The molecule has 1 amide bonds. The summed E-state index contributed by atoms with van der Waals surface area (Å²) in [6.45, 7) is 1.83. The van der Waals surface area contributed by atoms with E-state index in [9.17, 15) is 19.7 Å². The van der Waals surface area contributed by atoms with Crippen molar-refractivity contribution < 1.29 is 14.5 Å². The SMILES string of the molecule is COc1ccc(NC(=O)CSc2nc3sc4c(c3c(=O)n2-c2cccc(Cl)c2C)CCCC4)c([N+](=O)[O-])c1. The fourth-order valence-corrected chi connectivity index (χ4v) is 6.82. The topological polar surface area (TPSA) is 116 Å². The van der Waals surface area contributed by atoms with Crippen molar-refractivity contribution in [1.29, 1.82) is 0 Å². The van der Waals surface area contributed by atoms with Crippen molar-refractivity contribution in [3.63, 3.8) is 0 Å². The molecule has 0 spiro atoms. The molecule has 5 rings (SSSR count). The highest BCUT2D eigenvalue weighted by atomic mass is 35.5. The van der Waals surface area contributed by atoms with E-state index in [2.05, 4.69) is 5.32 Å². The first-order valence-electron chi connectivity index (χ1n) is 11.9. The Morgan fingerprint density at radius 2 is 2.08 bits per heavy atom. The third kappa shape index (κ3) is 4.89. The van der Waals surface area contributed by atoms with Crippen LogP contribution in [0.15, 0.2) is 46.3 Å². The molecule has 0 saturated carbocycles. The van der Waals surface area contributed by atoms with Gasteiger partial charge in [-0.05, 0) is 68.0 Å². The molecule has 0 bridgehead atoms. The summed E-state index contributed by atoms with van der Waals surface area (Å²) < 4.78 is 6.58. The highest BCUT2D eigenvalue weighted by Crippen LogP contribution is 2.36. The van der Waals surface area contributed by atoms with Crippen LogP contribution in [0.25, 0.3) is 15.9 Å². The molecule has 196 valence electrons. The molecule has 4 aromatic rings. The molecule has 1 aliphatic rings. The summed E-state index contributed by atoms with van der Waals surface area (Å²) in [4.78, 5) is 44.4. The molecule has 0 atom stereocenters. The van der Waals surface area contributed by atoms with E-state index in [0.717, 1.165) is 48.6 Å². The Balaban J connectivity index is 1.52. The second-order valence-corrected chi connectivity index (χ2v) is 11.2. The van der Waals surface area contributed by atoms with Crippen LogP contribution in [0.5, 0.6) is 5.75 Å².